The Kier molecular flexibility index (Phi) is 3.11. The van der Waals surface area contributed by atoms with E-state index in [1.165, 1.54) is 6.92 Å². The molecule has 0 amide bonds. The van der Waals surface area contributed by atoms with Crippen LogP contribution in [0.2, 0.25) is 0 Å². The topological polar surface area (TPSA) is 49.3 Å². The van der Waals surface area contributed by atoms with Crippen molar-refractivity contribution in [2.24, 2.45) is 5.92 Å². The molecule has 1 aliphatic rings. The number of hydrogen-bond donors (Lipinski definition) is 2. The molecule has 0 saturated carbocycles. The SMILES string of the molecule is Cc1cc(F)c(C2(C)CNCC2C(=O)O)cc1F. The summed E-state index contributed by atoms with van der Waals surface area (Å²) in [4.78, 5) is 11.2. The van der Waals surface area contributed by atoms with Gasteiger partial charge in [0.2, 0.25) is 0 Å². The molecule has 3 nitrogen and oxygen atoms in total. The molecule has 0 spiro atoms. The molecule has 0 aliphatic carbocycles. The molecule has 0 radical (unpaired) electrons. The highest BCUT2D eigenvalue weighted by molar-refractivity contribution is 5.73. The van der Waals surface area contributed by atoms with Crippen LogP contribution in [0, 0.1) is 24.5 Å². The Morgan fingerprint density at radius 1 is 1.44 bits per heavy atom. The van der Waals surface area contributed by atoms with Gasteiger partial charge in [0.1, 0.15) is 11.6 Å². The maximum Gasteiger partial charge on any atom is 0.308 e. The number of carboxylic acids is 1. The summed E-state index contributed by atoms with van der Waals surface area (Å²) in [6.45, 7) is 3.72. The molecule has 1 saturated heterocycles. The predicted molar refractivity (Wildman–Crippen MR) is 62.4 cm³/mol. The number of carboxylic acid groups (broad SMARTS) is 1. The van der Waals surface area contributed by atoms with E-state index >= 15 is 0 Å². The summed E-state index contributed by atoms with van der Waals surface area (Å²) in [6.07, 6.45) is 0. The van der Waals surface area contributed by atoms with Crippen LogP contribution in [0.3, 0.4) is 0 Å². The maximum absolute atomic E-state index is 14.0. The van der Waals surface area contributed by atoms with Crippen molar-refractivity contribution in [3.63, 3.8) is 0 Å². The number of halogens is 2. The first-order chi connectivity index (χ1) is 8.36. The van der Waals surface area contributed by atoms with Gasteiger partial charge in [-0.25, -0.2) is 8.78 Å². The molecule has 0 aromatic heterocycles. The van der Waals surface area contributed by atoms with E-state index < -0.39 is 28.9 Å². The molecule has 2 N–H and O–H groups in total. The highest BCUT2D eigenvalue weighted by Crippen LogP contribution is 2.37. The van der Waals surface area contributed by atoms with Gasteiger partial charge in [0.15, 0.2) is 0 Å². The predicted octanol–water partition coefficient (Wildman–Crippen LogP) is 1.83. The van der Waals surface area contributed by atoms with E-state index in [1.54, 1.807) is 6.92 Å². The summed E-state index contributed by atoms with van der Waals surface area (Å²) < 4.78 is 27.6. The van der Waals surface area contributed by atoms with E-state index in [0.29, 0.717) is 6.54 Å². The number of carbonyl (C=O) groups is 1. The molecule has 5 heteroatoms. The number of benzene rings is 1. The number of aryl methyl sites for hydroxylation is 1. The van der Waals surface area contributed by atoms with Crippen molar-refractivity contribution in [1.82, 2.24) is 5.32 Å². The lowest BCUT2D eigenvalue weighted by molar-refractivity contribution is -0.142. The molecule has 2 atom stereocenters. The van der Waals surface area contributed by atoms with Gasteiger partial charge in [-0.15, -0.1) is 0 Å². The van der Waals surface area contributed by atoms with Crippen LogP contribution in [0.25, 0.3) is 0 Å². The third-order valence-corrected chi connectivity index (χ3v) is 3.77. The highest BCUT2D eigenvalue weighted by atomic mass is 19.1. The van der Waals surface area contributed by atoms with E-state index in [2.05, 4.69) is 5.32 Å². The molecule has 0 bridgehead atoms. The summed E-state index contributed by atoms with van der Waals surface area (Å²) in [5, 5.41) is 12.1. The molecule has 1 aliphatic heterocycles. The standard InChI is InChI=1S/C13H15F2NO2/c1-7-3-11(15)8(4-10(7)14)13(2)6-16-5-9(13)12(17)18/h3-4,9,16H,5-6H2,1-2H3,(H,17,18). The van der Waals surface area contributed by atoms with Crippen molar-refractivity contribution in [2.45, 2.75) is 19.3 Å². The van der Waals surface area contributed by atoms with Gasteiger partial charge in [0, 0.05) is 18.5 Å². The van der Waals surface area contributed by atoms with E-state index in [9.17, 15) is 13.6 Å². The van der Waals surface area contributed by atoms with Gasteiger partial charge >= 0.3 is 5.97 Å². The summed E-state index contributed by atoms with van der Waals surface area (Å²) in [6, 6.07) is 2.24. The lowest BCUT2D eigenvalue weighted by Gasteiger charge is -2.29. The molecule has 18 heavy (non-hydrogen) atoms. The van der Waals surface area contributed by atoms with Gasteiger partial charge < -0.3 is 10.4 Å². The number of aliphatic carboxylic acids is 1. The van der Waals surface area contributed by atoms with Crippen LogP contribution in [0.5, 0.6) is 0 Å². The van der Waals surface area contributed by atoms with Crippen molar-refractivity contribution in [1.29, 1.82) is 0 Å². The molecular formula is C13H15F2NO2. The van der Waals surface area contributed by atoms with Gasteiger partial charge in [-0.3, -0.25) is 4.79 Å². The van der Waals surface area contributed by atoms with Crippen molar-refractivity contribution in [3.8, 4) is 0 Å². The molecule has 1 aromatic carbocycles. The molecule has 1 aromatic rings. The van der Waals surface area contributed by atoms with Crippen LogP contribution in [0.15, 0.2) is 12.1 Å². The van der Waals surface area contributed by atoms with Crippen LogP contribution in [-0.2, 0) is 10.2 Å². The first-order valence-corrected chi connectivity index (χ1v) is 5.76. The highest BCUT2D eigenvalue weighted by Gasteiger charge is 2.46. The number of rotatable bonds is 2. The van der Waals surface area contributed by atoms with Gasteiger partial charge in [-0.05, 0) is 30.2 Å². The Hall–Kier alpha value is -1.49. The Balaban J connectivity index is 2.53. The molecule has 1 heterocycles. The van der Waals surface area contributed by atoms with Gasteiger partial charge in [-0.2, -0.15) is 0 Å². The first kappa shape index (κ1) is 13.0. The zero-order valence-corrected chi connectivity index (χ0v) is 10.3. The van der Waals surface area contributed by atoms with Gasteiger partial charge in [0.05, 0.1) is 5.92 Å². The zero-order chi connectivity index (χ0) is 13.5. The van der Waals surface area contributed by atoms with Crippen molar-refractivity contribution in [3.05, 3.63) is 34.9 Å². The molecule has 2 rings (SSSR count). The second-order valence-corrected chi connectivity index (χ2v) is 5.02. The summed E-state index contributed by atoms with van der Waals surface area (Å²) in [7, 11) is 0. The largest absolute Gasteiger partial charge is 0.481 e. The van der Waals surface area contributed by atoms with Crippen LogP contribution < -0.4 is 5.32 Å². The second-order valence-electron chi connectivity index (χ2n) is 5.02. The fraction of sp³-hybridized carbons (Fsp3) is 0.462. The lowest BCUT2D eigenvalue weighted by atomic mass is 9.73. The second kappa shape index (κ2) is 4.31. The zero-order valence-electron chi connectivity index (χ0n) is 10.3. The van der Waals surface area contributed by atoms with Crippen molar-refractivity contribution in [2.75, 3.05) is 13.1 Å². The van der Waals surface area contributed by atoms with Crippen LogP contribution >= 0.6 is 0 Å². The van der Waals surface area contributed by atoms with E-state index in [-0.39, 0.29) is 17.7 Å². The quantitative estimate of drug-likeness (QED) is 0.847. The van der Waals surface area contributed by atoms with Gasteiger partial charge in [-0.1, -0.05) is 6.92 Å². The van der Waals surface area contributed by atoms with Crippen molar-refractivity contribution >= 4 is 5.97 Å². The summed E-state index contributed by atoms with van der Waals surface area (Å²) >= 11 is 0. The minimum atomic E-state index is -0.997. The molecule has 98 valence electrons. The van der Waals surface area contributed by atoms with E-state index in [1.807, 2.05) is 0 Å². The smallest absolute Gasteiger partial charge is 0.308 e. The molecule has 1 fully saturated rings. The van der Waals surface area contributed by atoms with E-state index in [4.69, 9.17) is 5.11 Å². The minimum Gasteiger partial charge on any atom is -0.481 e. The number of hydrogen-bond acceptors (Lipinski definition) is 2. The maximum atomic E-state index is 14.0. The fourth-order valence-corrected chi connectivity index (χ4v) is 2.55. The lowest BCUT2D eigenvalue weighted by Crippen LogP contribution is -2.37. The normalized spacial score (nSPS) is 27.4. The Bertz CT molecular complexity index is 504. The van der Waals surface area contributed by atoms with Crippen LogP contribution in [0.1, 0.15) is 18.1 Å². The first-order valence-electron chi connectivity index (χ1n) is 5.76. The average Bonchev–Trinajstić information content (AvgIpc) is 2.66. The minimum absolute atomic E-state index is 0.128. The Labute approximate surface area is 104 Å². The summed E-state index contributed by atoms with van der Waals surface area (Å²) in [5.74, 6) is -2.81. The third kappa shape index (κ3) is 1.88. The van der Waals surface area contributed by atoms with Crippen LogP contribution in [0.4, 0.5) is 8.78 Å². The number of nitrogens with one attached hydrogen (secondary N) is 1. The molecular weight excluding hydrogens is 240 g/mol. The average molecular weight is 255 g/mol. The van der Waals surface area contributed by atoms with Gasteiger partial charge in [0.25, 0.3) is 0 Å². The third-order valence-electron chi connectivity index (χ3n) is 3.77. The summed E-state index contributed by atoms with van der Waals surface area (Å²) in [5.41, 5.74) is -0.578. The van der Waals surface area contributed by atoms with E-state index in [0.717, 1.165) is 12.1 Å². The Morgan fingerprint density at radius 2 is 2.11 bits per heavy atom. The van der Waals surface area contributed by atoms with Crippen LogP contribution in [-0.4, -0.2) is 24.2 Å². The fourth-order valence-electron chi connectivity index (χ4n) is 2.55. The Morgan fingerprint density at radius 3 is 2.72 bits per heavy atom. The molecule has 2 unspecified atom stereocenters. The monoisotopic (exact) mass is 255 g/mol. The van der Waals surface area contributed by atoms with Crippen molar-refractivity contribution < 1.29 is 18.7 Å².